The third-order valence-corrected chi connectivity index (χ3v) is 5.47. The maximum Gasteiger partial charge on any atom is 0.229 e. The van der Waals surface area contributed by atoms with Gasteiger partial charge >= 0.3 is 0 Å². The number of aromatic nitrogens is 2. The van der Waals surface area contributed by atoms with Crippen LogP contribution in [0.1, 0.15) is 18.9 Å². The first-order valence-electron chi connectivity index (χ1n) is 7.44. The van der Waals surface area contributed by atoms with Crippen LogP contribution in [0.4, 0.5) is 4.39 Å². The van der Waals surface area contributed by atoms with Crippen LogP contribution < -0.4 is 0 Å². The largest absolute Gasteiger partial charge is 0.310 e. The number of sulfone groups is 1. The summed E-state index contributed by atoms with van der Waals surface area (Å²) in [6, 6.07) is 13.6. The number of imidazole rings is 1. The molecule has 1 heterocycles. The Hall–Kier alpha value is -2.21. The molecule has 2 aromatic carbocycles. The summed E-state index contributed by atoms with van der Waals surface area (Å²) in [7, 11) is -3.51. The van der Waals surface area contributed by atoms with E-state index in [0.717, 1.165) is 0 Å². The summed E-state index contributed by atoms with van der Waals surface area (Å²) in [4.78, 5) is 4.28. The Morgan fingerprint density at radius 1 is 1.09 bits per heavy atom. The molecular formula is C17H17FN2O2S. The van der Waals surface area contributed by atoms with Crippen molar-refractivity contribution in [3.8, 4) is 0 Å². The second kappa shape index (κ2) is 6.12. The smallest absolute Gasteiger partial charge is 0.229 e. The number of para-hydroxylation sites is 2. The Bertz CT molecular complexity index is 948. The molecule has 0 saturated carbocycles. The van der Waals surface area contributed by atoms with Crippen molar-refractivity contribution in [1.82, 2.24) is 9.55 Å². The zero-order valence-electron chi connectivity index (χ0n) is 12.7. The van der Waals surface area contributed by atoms with E-state index in [1.54, 1.807) is 47.9 Å². The summed E-state index contributed by atoms with van der Waals surface area (Å²) >= 11 is 0. The molecule has 0 bridgehead atoms. The average Bonchev–Trinajstić information content (AvgIpc) is 2.89. The highest BCUT2D eigenvalue weighted by Crippen LogP contribution is 2.23. The summed E-state index contributed by atoms with van der Waals surface area (Å²) in [5.41, 5.74) is 1.72. The van der Waals surface area contributed by atoms with E-state index in [1.807, 2.05) is 6.07 Å². The highest BCUT2D eigenvalue weighted by atomic mass is 32.2. The molecule has 6 heteroatoms. The second-order valence-electron chi connectivity index (χ2n) is 5.38. The van der Waals surface area contributed by atoms with E-state index in [2.05, 4.69) is 4.98 Å². The number of hydrogen-bond acceptors (Lipinski definition) is 3. The van der Waals surface area contributed by atoms with Gasteiger partial charge in [0.15, 0.2) is 0 Å². The predicted octanol–water partition coefficient (Wildman–Crippen LogP) is 3.41. The molecule has 120 valence electrons. The Labute approximate surface area is 134 Å². The van der Waals surface area contributed by atoms with E-state index in [1.165, 1.54) is 6.07 Å². The van der Waals surface area contributed by atoms with Gasteiger partial charge in [0.05, 0.1) is 23.3 Å². The SMILES string of the molecule is CCCS(=O)(=O)c1nc2ccccc2n1Cc1ccccc1F. The summed E-state index contributed by atoms with van der Waals surface area (Å²) in [5, 5.41) is 0.00352. The molecule has 0 fully saturated rings. The van der Waals surface area contributed by atoms with Crippen molar-refractivity contribution >= 4 is 20.9 Å². The van der Waals surface area contributed by atoms with Crippen molar-refractivity contribution in [2.24, 2.45) is 0 Å². The minimum Gasteiger partial charge on any atom is -0.310 e. The van der Waals surface area contributed by atoms with Crippen LogP contribution in [0, 0.1) is 5.82 Å². The van der Waals surface area contributed by atoms with Gasteiger partial charge in [0.1, 0.15) is 5.82 Å². The molecule has 1 aromatic heterocycles. The molecule has 3 rings (SSSR count). The van der Waals surface area contributed by atoms with Crippen LogP contribution in [0.25, 0.3) is 11.0 Å². The first-order valence-corrected chi connectivity index (χ1v) is 9.09. The third kappa shape index (κ3) is 2.99. The zero-order valence-corrected chi connectivity index (χ0v) is 13.6. The lowest BCUT2D eigenvalue weighted by molar-refractivity contribution is 0.564. The number of nitrogens with zero attached hydrogens (tertiary/aromatic N) is 2. The van der Waals surface area contributed by atoms with Crippen LogP contribution in [0.2, 0.25) is 0 Å². The number of hydrogen-bond donors (Lipinski definition) is 0. The molecule has 0 atom stereocenters. The summed E-state index contributed by atoms with van der Waals surface area (Å²) < 4.78 is 40.6. The van der Waals surface area contributed by atoms with Gasteiger partial charge in [-0.1, -0.05) is 37.3 Å². The number of rotatable bonds is 5. The van der Waals surface area contributed by atoms with E-state index in [0.29, 0.717) is 23.0 Å². The van der Waals surface area contributed by atoms with Crippen LogP contribution in [0.15, 0.2) is 53.7 Å². The topological polar surface area (TPSA) is 52.0 Å². The van der Waals surface area contributed by atoms with Crippen molar-refractivity contribution in [3.63, 3.8) is 0 Å². The molecule has 0 aliphatic carbocycles. The van der Waals surface area contributed by atoms with Gasteiger partial charge in [-0.05, 0) is 24.6 Å². The third-order valence-electron chi connectivity index (χ3n) is 3.66. The minimum atomic E-state index is -3.51. The average molecular weight is 332 g/mol. The lowest BCUT2D eigenvalue weighted by Crippen LogP contribution is -2.15. The number of benzene rings is 2. The normalized spacial score (nSPS) is 11.9. The van der Waals surface area contributed by atoms with Gasteiger partial charge in [-0.15, -0.1) is 0 Å². The number of fused-ring (bicyclic) bond motifs is 1. The van der Waals surface area contributed by atoms with Crippen LogP contribution in [0.5, 0.6) is 0 Å². The summed E-state index contributed by atoms with van der Waals surface area (Å²) in [5.74, 6) is -0.336. The molecule has 3 aromatic rings. The van der Waals surface area contributed by atoms with Gasteiger partial charge in [0, 0.05) is 5.56 Å². The summed E-state index contributed by atoms with van der Waals surface area (Å²) in [6.07, 6.45) is 0.505. The van der Waals surface area contributed by atoms with Crippen LogP contribution in [0.3, 0.4) is 0 Å². The standard InChI is InChI=1S/C17H17FN2O2S/c1-2-11-23(21,22)17-19-15-9-5-6-10-16(15)20(17)12-13-7-3-4-8-14(13)18/h3-10H,2,11-12H2,1H3. The number of halogens is 1. The van der Waals surface area contributed by atoms with Gasteiger partial charge in [-0.25, -0.2) is 17.8 Å². The monoisotopic (exact) mass is 332 g/mol. The molecule has 0 saturated heterocycles. The predicted molar refractivity (Wildman–Crippen MR) is 87.6 cm³/mol. The lowest BCUT2D eigenvalue weighted by atomic mass is 10.2. The van der Waals surface area contributed by atoms with Gasteiger partial charge in [0.2, 0.25) is 15.0 Å². The fourth-order valence-corrected chi connectivity index (χ4v) is 4.06. The maximum atomic E-state index is 14.0. The molecule has 0 aliphatic rings. The van der Waals surface area contributed by atoms with Crippen LogP contribution in [-0.4, -0.2) is 23.7 Å². The molecule has 0 amide bonds. The van der Waals surface area contributed by atoms with E-state index in [9.17, 15) is 12.8 Å². The fourth-order valence-electron chi connectivity index (χ4n) is 2.60. The quantitative estimate of drug-likeness (QED) is 0.719. The van der Waals surface area contributed by atoms with E-state index in [4.69, 9.17) is 0 Å². The fraction of sp³-hybridized carbons (Fsp3) is 0.235. The zero-order chi connectivity index (χ0) is 16.4. The van der Waals surface area contributed by atoms with E-state index in [-0.39, 0.29) is 23.3 Å². The molecular weight excluding hydrogens is 315 g/mol. The highest BCUT2D eigenvalue weighted by Gasteiger charge is 2.23. The van der Waals surface area contributed by atoms with E-state index < -0.39 is 9.84 Å². The maximum absolute atomic E-state index is 14.0. The van der Waals surface area contributed by atoms with Crippen LogP contribution in [-0.2, 0) is 16.4 Å². The Morgan fingerprint density at radius 3 is 2.52 bits per heavy atom. The molecule has 0 spiro atoms. The van der Waals surface area contributed by atoms with E-state index >= 15 is 0 Å². The highest BCUT2D eigenvalue weighted by molar-refractivity contribution is 7.91. The van der Waals surface area contributed by atoms with Crippen molar-refractivity contribution < 1.29 is 12.8 Å². The van der Waals surface area contributed by atoms with Crippen molar-refractivity contribution in [2.75, 3.05) is 5.75 Å². The van der Waals surface area contributed by atoms with Crippen LogP contribution >= 0.6 is 0 Å². The Morgan fingerprint density at radius 2 is 1.78 bits per heavy atom. The molecule has 0 N–H and O–H groups in total. The summed E-state index contributed by atoms with van der Waals surface area (Å²) in [6.45, 7) is 1.94. The lowest BCUT2D eigenvalue weighted by Gasteiger charge is -2.10. The minimum absolute atomic E-state index is 0.00352. The molecule has 0 unspecified atom stereocenters. The second-order valence-corrected chi connectivity index (χ2v) is 7.38. The van der Waals surface area contributed by atoms with Gasteiger partial charge in [-0.3, -0.25) is 0 Å². The van der Waals surface area contributed by atoms with Crippen molar-refractivity contribution in [3.05, 3.63) is 59.9 Å². The molecule has 0 aliphatic heterocycles. The van der Waals surface area contributed by atoms with Gasteiger partial charge in [-0.2, -0.15) is 0 Å². The first kappa shape index (κ1) is 15.7. The van der Waals surface area contributed by atoms with Gasteiger partial charge < -0.3 is 4.57 Å². The Kier molecular flexibility index (Phi) is 4.17. The van der Waals surface area contributed by atoms with Crippen molar-refractivity contribution in [1.29, 1.82) is 0 Å². The molecule has 0 radical (unpaired) electrons. The Balaban J connectivity index is 2.19. The molecule has 4 nitrogen and oxygen atoms in total. The molecule has 23 heavy (non-hydrogen) atoms. The van der Waals surface area contributed by atoms with Gasteiger partial charge in [0.25, 0.3) is 0 Å². The van der Waals surface area contributed by atoms with Crippen molar-refractivity contribution in [2.45, 2.75) is 25.0 Å². The first-order chi connectivity index (χ1) is 11.0.